The van der Waals surface area contributed by atoms with Gasteiger partial charge in [0.1, 0.15) is 0 Å². The fourth-order valence-corrected chi connectivity index (χ4v) is 0.724. The van der Waals surface area contributed by atoms with Crippen LogP contribution in [0.2, 0.25) is 0 Å². The summed E-state index contributed by atoms with van der Waals surface area (Å²) < 4.78 is 23.8. The lowest BCUT2D eigenvalue weighted by Crippen LogP contribution is -1.95. The van der Waals surface area contributed by atoms with E-state index in [-0.39, 0.29) is 12.6 Å². The van der Waals surface area contributed by atoms with E-state index in [1.807, 2.05) is 0 Å². The largest absolute Gasteiger partial charge is 0.451 e. The zero-order valence-corrected chi connectivity index (χ0v) is 6.62. The van der Waals surface area contributed by atoms with Gasteiger partial charge < -0.3 is 4.52 Å². The van der Waals surface area contributed by atoms with E-state index in [1.54, 1.807) is 9.47 Å². The fraction of sp³-hybridized carbons (Fsp3) is 0.667. The van der Waals surface area contributed by atoms with E-state index in [0.717, 1.165) is 0 Å². The van der Waals surface area contributed by atoms with Crippen molar-refractivity contribution >= 4 is 23.1 Å². The van der Waals surface area contributed by atoms with Gasteiger partial charge in [0.25, 0.3) is 0 Å². The minimum absolute atomic E-state index is 0.0673. The van der Waals surface area contributed by atoms with E-state index in [2.05, 4.69) is 4.52 Å². The predicted octanol–water partition coefficient (Wildman–Crippen LogP) is 0.883. The summed E-state index contributed by atoms with van der Waals surface area (Å²) in [5.74, 6) is -0.529. The normalized spacial score (nSPS) is 8.56. The number of hydrogen-bond acceptors (Lipinski definition) is 4. The van der Waals surface area contributed by atoms with Gasteiger partial charge in [-0.2, -0.15) is 0 Å². The smallest absolute Gasteiger partial charge is 0.316 e. The topological polar surface area (TPSA) is 60.4 Å². The third-order valence-electron chi connectivity index (χ3n) is 0.630. The summed E-state index contributed by atoms with van der Waals surface area (Å²) in [7, 11) is -0.695. The second-order valence-electron chi connectivity index (χ2n) is 1.30. The first kappa shape index (κ1) is 8.80. The summed E-state index contributed by atoms with van der Waals surface area (Å²) in [6.45, 7) is 0. The van der Waals surface area contributed by atoms with Crippen LogP contribution >= 0.6 is 17.1 Å². The highest BCUT2D eigenvalue weighted by Gasteiger charge is 2.00. The van der Waals surface area contributed by atoms with Gasteiger partial charge in [-0.15, -0.1) is 0 Å². The Bertz CT molecular complexity index is 153. The average molecular weight is 168 g/mol. The molecule has 52 valence electrons. The number of carbonyl (C=O) groups is 1. The van der Waals surface area contributed by atoms with Crippen LogP contribution < -0.4 is 0 Å². The summed E-state index contributed by atoms with van der Waals surface area (Å²) in [5, 5.41) is 0. The van der Waals surface area contributed by atoms with Crippen LogP contribution in [0.25, 0.3) is 0 Å². The standard InChI is InChI=1S/C3H6O4P2/c4-3(7-8)1-2-9(5)6/h1-2,8H2. The molecule has 0 aromatic heterocycles. The van der Waals surface area contributed by atoms with Crippen LogP contribution in [-0.2, 0) is 18.4 Å². The summed E-state index contributed by atoms with van der Waals surface area (Å²) in [6, 6.07) is 0. The van der Waals surface area contributed by atoms with E-state index in [9.17, 15) is 13.9 Å². The van der Waals surface area contributed by atoms with Gasteiger partial charge in [0.15, 0.2) is 0 Å². The summed E-state index contributed by atoms with van der Waals surface area (Å²) in [5.41, 5.74) is 0. The maximum absolute atomic E-state index is 10.2. The molecule has 0 aliphatic rings. The van der Waals surface area contributed by atoms with E-state index < -0.39 is 13.6 Å². The van der Waals surface area contributed by atoms with Crippen LogP contribution in [0.1, 0.15) is 6.42 Å². The first-order valence-electron chi connectivity index (χ1n) is 2.18. The van der Waals surface area contributed by atoms with Gasteiger partial charge in [0.05, 0.1) is 22.0 Å². The molecule has 0 aliphatic carbocycles. The van der Waals surface area contributed by atoms with Crippen molar-refractivity contribution in [2.45, 2.75) is 6.42 Å². The molecule has 0 aliphatic heterocycles. The molecule has 0 fully saturated rings. The first-order valence-corrected chi connectivity index (χ1v) is 4.01. The van der Waals surface area contributed by atoms with Crippen molar-refractivity contribution in [1.82, 2.24) is 0 Å². The van der Waals surface area contributed by atoms with Crippen molar-refractivity contribution < 1.29 is 18.4 Å². The molecule has 6 heteroatoms. The minimum atomic E-state index is -2.45. The van der Waals surface area contributed by atoms with Gasteiger partial charge in [0.2, 0.25) is 0 Å². The molecule has 0 saturated heterocycles. The highest BCUT2D eigenvalue weighted by atomic mass is 31.1. The Morgan fingerprint density at radius 1 is 1.56 bits per heavy atom. The Balaban J connectivity index is 3.39. The van der Waals surface area contributed by atoms with Gasteiger partial charge in [-0.1, -0.05) is 0 Å². The predicted molar refractivity (Wildman–Crippen MR) is 33.6 cm³/mol. The Hall–Kier alpha value is -0.200. The molecular formula is C3H6O4P2. The molecule has 0 bridgehead atoms. The second-order valence-corrected chi connectivity index (χ2v) is 2.64. The molecule has 4 nitrogen and oxygen atoms in total. The lowest BCUT2D eigenvalue weighted by molar-refractivity contribution is -0.132. The molecule has 1 unspecified atom stereocenters. The Morgan fingerprint density at radius 3 is 2.44 bits per heavy atom. The quantitative estimate of drug-likeness (QED) is 0.587. The van der Waals surface area contributed by atoms with Crippen molar-refractivity contribution in [3.8, 4) is 0 Å². The van der Waals surface area contributed by atoms with Crippen LogP contribution in [0.5, 0.6) is 0 Å². The molecule has 1 atom stereocenters. The van der Waals surface area contributed by atoms with Crippen LogP contribution in [0, 0.1) is 0 Å². The van der Waals surface area contributed by atoms with E-state index >= 15 is 0 Å². The number of rotatable bonds is 3. The molecule has 0 radical (unpaired) electrons. The summed E-state index contributed by atoms with van der Waals surface area (Å²) in [4.78, 5) is 10.2. The molecular weight excluding hydrogens is 162 g/mol. The molecule has 0 amide bonds. The van der Waals surface area contributed by atoms with Crippen molar-refractivity contribution in [2.24, 2.45) is 0 Å². The highest BCUT2D eigenvalue weighted by Crippen LogP contribution is 2.05. The van der Waals surface area contributed by atoms with Crippen molar-refractivity contribution in [3.63, 3.8) is 0 Å². The third kappa shape index (κ3) is 5.67. The van der Waals surface area contributed by atoms with Crippen LogP contribution in [0.15, 0.2) is 0 Å². The minimum Gasteiger partial charge on any atom is -0.451 e. The maximum Gasteiger partial charge on any atom is 0.316 e. The summed E-state index contributed by atoms with van der Waals surface area (Å²) >= 11 is 0. The first-order chi connectivity index (χ1) is 4.16. The van der Waals surface area contributed by atoms with Gasteiger partial charge in [-0.3, -0.25) is 4.79 Å². The Kier molecular flexibility index (Phi) is 4.55. The number of hydrogen-bond donors (Lipinski definition) is 0. The third-order valence-corrected chi connectivity index (χ3v) is 1.48. The Labute approximate surface area is 55.1 Å². The second kappa shape index (κ2) is 4.66. The molecule has 0 saturated carbocycles. The highest BCUT2D eigenvalue weighted by molar-refractivity contribution is 7.30. The molecule has 0 heterocycles. The molecule has 9 heavy (non-hydrogen) atoms. The Morgan fingerprint density at radius 2 is 2.11 bits per heavy atom. The zero-order valence-electron chi connectivity index (χ0n) is 4.57. The lowest BCUT2D eigenvalue weighted by atomic mass is 10.5. The molecule has 0 aromatic rings. The molecule has 0 rings (SSSR count). The van der Waals surface area contributed by atoms with Crippen LogP contribution in [0.3, 0.4) is 0 Å². The van der Waals surface area contributed by atoms with Gasteiger partial charge in [-0.05, 0) is 0 Å². The van der Waals surface area contributed by atoms with Crippen LogP contribution in [0.4, 0.5) is 0 Å². The van der Waals surface area contributed by atoms with E-state index in [0.29, 0.717) is 0 Å². The van der Waals surface area contributed by atoms with Gasteiger partial charge in [0, 0.05) is 0 Å². The average Bonchev–Trinajstić information content (AvgIpc) is 1.83. The van der Waals surface area contributed by atoms with Crippen molar-refractivity contribution in [2.75, 3.05) is 6.16 Å². The van der Waals surface area contributed by atoms with Gasteiger partial charge in [-0.25, -0.2) is 9.13 Å². The van der Waals surface area contributed by atoms with E-state index in [4.69, 9.17) is 0 Å². The van der Waals surface area contributed by atoms with Crippen molar-refractivity contribution in [1.29, 1.82) is 0 Å². The molecule has 0 N–H and O–H groups in total. The van der Waals surface area contributed by atoms with E-state index in [1.165, 1.54) is 0 Å². The SMILES string of the molecule is O=C(CCP(=O)=O)OP. The zero-order chi connectivity index (χ0) is 7.28. The fourth-order valence-electron chi connectivity index (χ4n) is 0.241. The molecule has 0 spiro atoms. The number of carbonyl (C=O) groups excluding carboxylic acids is 1. The lowest BCUT2D eigenvalue weighted by Gasteiger charge is -1.89. The monoisotopic (exact) mass is 168 g/mol. The van der Waals surface area contributed by atoms with Gasteiger partial charge >= 0.3 is 13.6 Å². The molecule has 0 aromatic carbocycles. The van der Waals surface area contributed by atoms with Crippen molar-refractivity contribution in [3.05, 3.63) is 0 Å². The van der Waals surface area contributed by atoms with Crippen LogP contribution in [-0.4, -0.2) is 12.1 Å². The maximum atomic E-state index is 10.2. The summed E-state index contributed by atoms with van der Waals surface area (Å²) in [6.07, 6.45) is -0.204.